The summed E-state index contributed by atoms with van der Waals surface area (Å²) in [5.74, 6) is 0. The first kappa shape index (κ1) is 14.4. The van der Waals surface area contributed by atoms with Crippen LogP contribution in [0.1, 0.15) is 46.0 Å². The molecule has 0 spiro atoms. The summed E-state index contributed by atoms with van der Waals surface area (Å²) in [6.07, 6.45) is 8.14. The van der Waals surface area contributed by atoms with Crippen LogP contribution >= 0.6 is 0 Å². The van der Waals surface area contributed by atoms with E-state index in [0.717, 1.165) is 18.7 Å². The fourth-order valence-corrected chi connectivity index (χ4v) is 3.30. The van der Waals surface area contributed by atoms with E-state index in [1.165, 1.54) is 38.8 Å². The van der Waals surface area contributed by atoms with Gasteiger partial charge in [-0.05, 0) is 52.1 Å². The molecule has 2 fully saturated rings. The number of fused-ring (bicyclic) bond motifs is 1. The summed E-state index contributed by atoms with van der Waals surface area (Å²) in [4.78, 5) is 7.14. The Kier molecular flexibility index (Phi) is 4.86. The van der Waals surface area contributed by atoms with E-state index >= 15 is 0 Å². The van der Waals surface area contributed by atoms with Gasteiger partial charge in [0.05, 0.1) is 5.54 Å². The second-order valence-electron chi connectivity index (χ2n) is 5.51. The first-order chi connectivity index (χ1) is 9.24. The van der Waals surface area contributed by atoms with Gasteiger partial charge in [-0.15, -0.1) is 0 Å². The molecule has 0 aliphatic carbocycles. The second kappa shape index (κ2) is 6.42. The van der Waals surface area contributed by atoms with Crippen molar-refractivity contribution in [3.8, 4) is 0 Å². The van der Waals surface area contributed by atoms with Gasteiger partial charge in [-0.1, -0.05) is 13.0 Å². The lowest BCUT2D eigenvalue weighted by molar-refractivity contribution is 0.104. The molecule has 2 aliphatic rings. The molecule has 0 saturated carbocycles. The third kappa shape index (κ3) is 3.11. The van der Waals surface area contributed by atoms with Crippen molar-refractivity contribution < 1.29 is 4.74 Å². The molecule has 2 aliphatic heterocycles. The van der Waals surface area contributed by atoms with Gasteiger partial charge in [-0.3, -0.25) is 4.90 Å². The average Bonchev–Trinajstić information content (AvgIpc) is 2.99. The largest absolute Gasteiger partial charge is 0.463 e. The molecule has 2 saturated heterocycles. The first-order valence-electron chi connectivity index (χ1n) is 7.53. The van der Waals surface area contributed by atoms with E-state index in [4.69, 9.17) is 4.74 Å². The molecule has 0 aromatic heterocycles. The topological polar surface area (TPSA) is 36.9 Å². The minimum Gasteiger partial charge on any atom is -0.463 e. The van der Waals surface area contributed by atoms with Crippen LogP contribution in [0.3, 0.4) is 0 Å². The summed E-state index contributed by atoms with van der Waals surface area (Å²) >= 11 is 0. The minimum absolute atomic E-state index is 0.292. The molecule has 0 aromatic carbocycles. The molecule has 0 atom stereocenters. The Morgan fingerprint density at radius 2 is 2.05 bits per heavy atom. The highest BCUT2D eigenvalue weighted by Crippen LogP contribution is 2.38. The van der Waals surface area contributed by atoms with Crippen molar-refractivity contribution in [2.24, 2.45) is 4.99 Å². The Labute approximate surface area is 116 Å². The average molecular weight is 265 g/mol. The van der Waals surface area contributed by atoms with Crippen molar-refractivity contribution in [3.63, 3.8) is 0 Å². The van der Waals surface area contributed by atoms with Crippen molar-refractivity contribution in [1.29, 1.82) is 0 Å². The Bertz CT molecular complexity index is 352. The minimum atomic E-state index is 0.292. The normalized spacial score (nSPS) is 23.5. The molecule has 0 bridgehead atoms. The van der Waals surface area contributed by atoms with Crippen molar-refractivity contribution in [2.45, 2.75) is 51.5 Å². The van der Waals surface area contributed by atoms with Crippen LogP contribution in [-0.2, 0) is 4.74 Å². The fourth-order valence-electron chi connectivity index (χ4n) is 3.30. The molecule has 1 N–H and O–H groups in total. The van der Waals surface area contributed by atoms with Crippen LogP contribution in [0, 0.1) is 0 Å². The monoisotopic (exact) mass is 265 g/mol. The molecule has 2 rings (SSSR count). The van der Waals surface area contributed by atoms with E-state index in [0.29, 0.717) is 11.6 Å². The smallest absolute Gasteiger partial charge is 0.289 e. The van der Waals surface area contributed by atoms with Gasteiger partial charge in [0.2, 0.25) is 0 Å². The quantitative estimate of drug-likeness (QED) is 0.627. The number of hydrogen-bond donors (Lipinski definition) is 1. The van der Waals surface area contributed by atoms with Crippen LogP contribution in [0.5, 0.6) is 0 Å². The number of hydrogen-bond acceptors (Lipinski definition) is 3. The summed E-state index contributed by atoms with van der Waals surface area (Å²) in [5.41, 5.74) is 1.36. The van der Waals surface area contributed by atoms with E-state index in [2.05, 4.69) is 22.1 Å². The highest BCUT2D eigenvalue weighted by atomic mass is 16.5. The zero-order chi connectivity index (χ0) is 13.7. The van der Waals surface area contributed by atoms with Gasteiger partial charge in [0.25, 0.3) is 6.02 Å². The molecule has 0 radical (unpaired) electrons. The van der Waals surface area contributed by atoms with Gasteiger partial charge < -0.3 is 10.1 Å². The van der Waals surface area contributed by atoms with Crippen LogP contribution in [-0.4, -0.2) is 43.2 Å². The molecule has 4 heteroatoms. The molecule has 2 heterocycles. The number of ether oxygens (including phenoxy) is 1. The van der Waals surface area contributed by atoms with Gasteiger partial charge in [-0.2, -0.15) is 0 Å². The van der Waals surface area contributed by atoms with Crippen molar-refractivity contribution in [2.75, 3.05) is 26.7 Å². The number of rotatable bonds is 4. The molecular formula is C15H27N3O. The lowest BCUT2D eigenvalue weighted by Crippen LogP contribution is -2.44. The van der Waals surface area contributed by atoms with E-state index in [9.17, 15) is 0 Å². The molecule has 0 amide bonds. The van der Waals surface area contributed by atoms with E-state index < -0.39 is 0 Å². The number of aliphatic imine (C=N–C) groups is 1. The number of nitrogens with one attached hydrogen (secondary N) is 1. The van der Waals surface area contributed by atoms with E-state index in [1.807, 2.05) is 20.0 Å². The van der Waals surface area contributed by atoms with Gasteiger partial charge in [0.15, 0.2) is 0 Å². The van der Waals surface area contributed by atoms with Gasteiger partial charge in [-0.25, -0.2) is 4.99 Å². The SMILES string of the molecule is C/C=C(CC)\N=C(/NC)OCC12CCCN1CCC2. The summed E-state index contributed by atoms with van der Waals surface area (Å²) < 4.78 is 5.97. The highest BCUT2D eigenvalue weighted by Gasteiger charge is 2.44. The number of nitrogens with zero attached hydrogens (tertiary/aromatic N) is 2. The van der Waals surface area contributed by atoms with Crippen LogP contribution in [0.25, 0.3) is 0 Å². The molecule has 4 nitrogen and oxygen atoms in total. The lowest BCUT2D eigenvalue weighted by Gasteiger charge is -2.31. The Balaban J connectivity index is 1.96. The summed E-state index contributed by atoms with van der Waals surface area (Å²) in [6, 6.07) is 0.656. The molecule has 108 valence electrons. The Morgan fingerprint density at radius 3 is 2.58 bits per heavy atom. The van der Waals surface area contributed by atoms with Crippen LogP contribution in [0.4, 0.5) is 0 Å². The predicted octanol–water partition coefficient (Wildman–Crippen LogP) is 2.52. The molecule has 0 aromatic rings. The zero-order valence-corrected chi connectivity index (χ0v) is 12.5. The third-order valence-corrected chi connectivity index (χ3v) is 4.44. The third-order valence-electron chi connectivity index (χ3n) is 4.44. The fraction of sp³-hybridized carbons (Fsp3) is 0.800. The van der Waals surface area contributed by atoms with Gasteiger partial charge in [0.1, 0.15) is 6.61 Å². The van der Waals surface area contributed by atoms with E-state index in [-0.39, 0.29) is 0 Å². The number of allylic oxidation sites excluding steroid dienone is 2. The van der Waals surface area contributed by atoms with Gasteiger partial charge >= 0.3 is 0 Å². The zero-order valence-electron chi connectivity index (χ0n) is 12.5. The van der Waals surface area contributed by atoms with Crippen LogP contribution in [0.2, 0.25) is 0 Å². The predicted molar refractivity (Wildman–Crippen MR) is 79.3 cm³/mol. The Morgan fingerprint density at radius 1 is 1.37 bits per heavy atom. The van der Waals surface area contributed by atoms with Crippen molar-refractivity contribution in [1.82, 2.24) is 10.2 Å². The lowest BCUT2D eigenvalue weighted by atomic mass is 9.95. The highest BCUT2D eigenvalue weighted by molar-refractivity contribution is 5.74. The standard InChI is InChI=1S/C15H27N3O/c1-4-13(5-2)17-14(16-3)19-12-15-8-6-10-18(15)11-7-9-15/h4H,5-12H2,1-3H3,(H,16,17)/b13-4-. The number of amidine groups is 1. The van der Waals surface area contributed by atoms with Crippen LogP contribution in [0.15, 0.2) is 16.8 Å². The Hall–Kier alpha value is -1.03. The van der Waals surface area contributed by atoms with Crippen molar-refractivity contribution >= 4 is 6.02 Å². The first-order valence-corrected chi connectivity index (χ1v) is 7.53. The maximum Gasteiger partial charge on any atom is 0.289 e. The summed E-state index contributed by atoms with van der Waals surface area (Å²) in [5, 5.41) is 3.07. The van der Waals surface area contributed by atoms with Gasteiger partial charge in [0, 0.05) is 12.7 Å². The van der Waals surface area contributed by atoms with E-state index in [1.54, 1.807) is 0 Å². The molecular weight excluding hydrogens is 238 g/mol. The summed E-state index contributed by atoms with van der Waals surface area (Å²) in [6.45, 7) is 7.38. The maximum absolute atomic E-state index is 5.97. The molecule has 0 unspecified atom stereocenters. The molecule has 19 heavy (non-hydrogen) atoms. The van der Waals surface area contributed by atoms with Crippen molar-refractivity contribution in [3.05, 3.63) is 11.8 Å². The second-order valence-corrected chi connectivity index (χ2v) is 5.51. The maximum atomic E-state index is 5.97. The van der Waals surface area contributed by atoms with Crippen LogP contribution < -0.4 is 5.32 Å². The summed E-state index contributed by atoms with van der Waals surface area (Å²) in [7, 11) is 1.88.